The lowest BCUT2D eigenvalue weighted by Gasteiger charge is -2.18. The van der Waals surface area contributed by atoms with Gasteiger partial charge in [0.25, 0.3) is 0 Å². The van der Waals surface area contributed by atoms with Crippen LogP contribution in [0.4, 0.5) is 0 Å². The van der Waals surface area contributed by atoms with Crippen molar-refractivity contribution in [3.05, 3.63) is 36.5 Å². The SMILES string of the molecule is CCCC/C=C\C/C=C\CCCCCCCC(=O)OCC(COC(=O)CCCCCCCCCCCCCCCCC/C=C\CCCCCCCCCC)OC(=O)CCCCCCCCCCCCCCCCCCCCCCCCC. The second-order valence-corrected chi connectivity index (χ2v) is 25.2. The number of hydrogen-bond donors (Lipinski definition) is 0. The summed E-state index contributed by atoms with van der Waals surface area (Å²) in [4.78, 5) is 38.5. The van der Waals surface area contributed by atoms with Gasteiger partial charge in [0, 0.05) is 19.3 Å². The molecule has 6 nitrogen and oxygen atoms in total. The number of unbranched alkanes of at least 4 members (excludes halogenated alkanes) is 52. The van der Waals surface area contributed by atoms with E-state index in [0.29, 0.717) is 19.3 Å². The maximum absolute atomic E-state index is 13.0. The third kappa shape index (κ3) is 68.4. The van der Waals surface area contributed by atoms with Gasteiger partial charge in [-0.3, -0.25) is 14.4 Å². The first-order chi connectivity index (χ1) is 40.5. The Morgan fingerprint density at radius 2 is 0.451 bits per heavy atom. The van der Waals surface area contributed by atoms with Crippen LogP contribution in [-0.2, 0) is 28.6 Å². The summed E-state index contributed by atoms with van der Waals surface area (Å²) in [5.74, 6) is -0.854. The molecule has 0 amide bonds. The van der Waals surface area contributed by atoms with Crippen LogP contribution >= 0.6 is 0 Å². The van der Waals surface area contributed by atoms with Gasteiger partial charge >= 0.3 is 17.9 Å². The Kier molecular flexibility index (Phi) is 69.1. The molecule has 82 heavy (non-hydrogen) atoms. The topological polar surface area (TPSA) is 78.9 Å². The Morgan fingerprint density at radius 3 is 0.720 bits per heavy atom. The average Bonchev–Trinajstić information content (AvgIpc) is 3.47. The molecule has 0 heterocycles. The van der Waals surface area contributed by atoms with Crippen LogP contribution in [0.25, 0.3) is 0 Å². The Labute approximate surface area is 512 Å². The third-order valence-corrected chi connectivity index (χ3v) is 16.9. The van der Waals surface area contributed by atoms with Crippen LogP contribution in [0.1, 0.15) is 412 Å². The molecule has 0 rings (SSSR count). The number of rotatable bonds is 69. The minimum Gasteiger partial charge on any atom is -0.462 e. The maximum Gasteiger partial charge on any atom is 0.306 e. The van der Waals surface area contributed by atoms with E-state index in [1.165, 1.54) is 295 Å². The number of ether oxygens (including phenoxy) is 3. The summed E-state index contributed by atoms with van der Waals surface area (Å²) >= 11 is 0. The van der Waals surface area contributed by atoms with Crippen LogP contribution < -0.4 is 0 Å². The molecule has 0 fully saturated rings. The lowest BCUT2D eigenvalue weighted by Crippen LogP contribution is -2.30. The van der Waals surface area contributed by atoms with Gasteiger partial charge in [-0.2, -0.15) is 0 Å². The van der Waals surface area contributed by atoms with Gasteiger partial charge in [0.15, 0.2) is 6.10 Å². The van der Waals surface area contributed by atoms with E-state index < -0.39 is 6.10 Å². The highest BCUT2D eigenvalue weighted by Gasteiger charge is 2.19. The third-order valence-electron chi connectivity index (χ3n) is 16.9. The molecule has 1 unspecified atom stereocenters. The van der Waals surface area contributed by atoms with Crippen molar-refractivity contribution in [2.75, 3.05) is 13.2 Å². The van der Waals surface area contributed by atoms with Gasteiger partial charge in [-0.25, -0.2) is 0 Å². The standard InChI is InChI=1S/C76H142O6/c1-4-7-10-13-16-19-22-25-28-30-32-34-36-37-38-39-41-42-44-46-48-51-54-57-60-63-66-69-75(78)81-72-73(71-80-74(77)68-65-62-59-56-53-50-27-24-21-18-15-12-9-6-3)82-76(79)70-67-64-61-58-55-52-49-47-45-43-40-35-33-31-29-26-23-20-17-14-11-8-5-2/h15,18,24,27,30,32,73H,4-14,16-17,19-23,25-26,28-29,31,33-72H2,1-3H3/b18-15-,27-24-,32-30-. The first-order valence-electron chi connectivity index (χ1n) is 37.0. The first kappa shape index (κ1) is 79.6. The summed E-state index contributed by atoms with van der Waals surface area (Å²) in [6.07, 6.45) is 89.0. The monoisotopic (exact) mass is 1150 g/mol. The zero-order valence-corrected chi connectivity index (χ0v) is 55.5. The molecule has 482 valence electrons. The number of carbonyl (C=O) groups excluding carboxylic acids is 3. The number of allylic oxidation sites excluding steroid dienone is 6. The highest BCUT2D eigenvalue weighted by molar-refractivity contribution is 5.71. The average molecular weight is 1150 g/mol. The molecule has 0 bridgehead atoms. The van der Waals surface area contributed by atoms with E-state index in [2.05, 4.69) is 57.2 Å². The zero-order valence-electron chi connectivity index (χ0n) is 55.5. The highest BCUT2D eigenvalue weighted by atomic mass is 16.6. The smallest absolute Gasteiger partial charge is 0.306 e. The van der Waals surface area contributed by atoms with Gasteiger partial charge in [-0.15, -0.1) is 0 Å². The summed E-state index contributed by atoms with van der Waals surface area (Å²) in [6.45, 7) is 6.67. The van der Waals surface area contributed by atoms with Crippen LogP contribution in [0.3, 0.4) is 0 Å². The number of hydrogen-bond acceptors (Lipinski definition) is 6. The summed E-state index contributed by atoms with van der Waals surface area (Å²) in [7, 11) is 0. The fraction of sp³-hybridized carbons (Fsp3) is 0.882. The molecular formula is C76H142O6. The summed E-state index contributed by atoms with van der Waals surface area (Å²) in [5, 5.41) is 0. The van der Waals surface area contributed by atoms with Crippen LogP contribution in [0, 0.1) is 0 Å². The Morgan fingerprint density at radius 1 is 0.244 bits per heavy atom. The molecule has 0 saturated heterocycles. The molecule has 0 aromatic carbocycles. The molecule has 0 aliphatic carbocycles. The Balaban J connectivity index is 4.22. The van der Waals surface area contributed by atoms with Crippen molar-refractivity contribution in [2.45, 2.75) is 419 Å². The molecule has 1 atom stereocenters. The van der Waals surface area contributed by atoms with Crippen molar-refractivity contribution >= 4 is 17.9 Å². The van der Waals surface area contributed by atoms with Crippen molar-refractivity contribution in [3.8, 4) is 0 Å². The van der Waals surface area contributed by atoms with Crippen molar-refractivity contribution in [2.24, 2.45) is 0 Å². The van der Waals surface area contributed by atoms with Gasteiger partial charge in [0.2, 0.25) is 0 Å². The van der Waals surface area contributed by atoms with Crippen LogP contribution in [0.15, 0.2) is 36.5 Å². The number of esters is 3. The fourth-order valence-corrected chi connectivity index (χ4v) is 11.3. The molecular weight excluding hydrogens is 1010 g/mol. The summed E-state index contributed by atoms with van der Waals surface area (Å²) in [5.41, 5.74) is 0. The quantitative estimate of drug-likeness (QED) is 0.0261. The zero-order chi connectivity index (χ0) is 59.2. The first-order valence-corrected chi connectivity index (χ1v) is 37.0. The van der Waals surface area contributed by atoms with Gasteiger partial charge < -0.3 is 14.2 Å². The molecule has 6 heteroatoms. The predicted molar refractivity (Wildman–Crippen MR) is 358 cm³/mol. The van der Waals surface area contributed by atoms with E-state index >= 15 is 0 Å². The molecule has 0 aliphatic heterocycles. The molecule has 0 radical (unpaired) electrons. The van der Waals surface area contributed by atoms with E-state index in [1.807, 2.05) is 0 Å². The second kappa shape index (κ2) is 71.1. The predicted octanol–water partition coefficient (Wildman–Crippen LogP) is 25.5. The molecule has 0 saturated carbocycles. The Bertz CT molecular complexity index is 1370. The van der Waals surface area contributed by atoms with Gasteiger partial charge in [0.1, 0.15) is 13.2 Å². The molecule has 0 aromatic rings. The molecule has 0 aliphatic rings. The van der Waals surface area contributed by atoms with Crippen molar-refractivity contribution in [1.29, 1.82) is 0 Å². The minimum atomic E-state index is -0.776. The maximum atomic E-state index is 13.0. The Hall–Kier alpha value is -2.37. The van der Waals surface area contributed by atoms with Gasteiger partial charge in [-0.05, 0) is 70.6 Å². The second-order valence-electron chi connectivity index (χ2n) is 25.2. The van der Waals surface area contributed by atoms with E-state index in [-0.39, 0.29) is 31.1 Å². The van der Waals surface area contributed by atoms with Crippen molar-refractivity contribution in [3.63, 3.8) is 0 Å². The van der Waals surface area contributed by atoms with Crippen LogP contribution in [0.2, 0.25) is 0 Å². The number of carbonyl (C=O) groups is 3. The summed E-state index contributed by atoms with van der Waals surface area (Å²) < 4.78 is 17.0. The van der Waals surface area contributed by atoms with E-state index in [9.17, 15) is 14.4 Å². The van der Waals surface area contributed by atoms with Crippen molar-refractivity contribution in [1.82, 2.24) is 0 Å². The molecule has 0 spiro atoms. The lowest BCUT2D eigenvalue weighted by molar-refractivity contribution is -0.167. The molecule has 0 N–H and O–H groups in total. The van der Waals surface area contributed by atoms with Crippen LogP contribution in [-0.4, -0.2) is 37.2 Å². The minimum absolute atomic E-state index is 0.0713. The normalized spacial score (nSPS) is 12.2. The van der Waals surface area contributed by atoms with E-state index in [1.54, 1.807) is 0 Å². The largest absolute Gasteiger partial charge is 0.462 e. The van der Waals surface area contributed by atoms with Gasteiger partial charge in [-0.1, -0.05) is 359 Å². The summed E-state index contributed by atoms with van der Waals surface area (Å²) in [6, 6.07) is 0. The molecule has 0 aromatic heterocycles. The van der Waals surface area contributed by atoms with Crippen LogP contribution in [0.5, 0.6) is 0 Å². The van der Waals surface area contributed by atoms with E-state index in [0.717, 1.165) is 77.0 Å². The highest BCUT2D eigenvalue weighted by Crippen LogP contribution is 2.19. The van der Waals surface area contributed by atoms with Gasteiger partial charge in [0.05, 0.1) is 0 Å². The van der Waals surface area contributed by atoms with Crippen molar-refractivity contribution < 1.29 is 28.6 Å². The lowest BCUT2D eigenvalue weighted by atomic mass is 10.0. The fourth-order valence-electron chi connectivity index (χ4n) is 11.3. The van der Waals surface area contributed by atoms with E-state index in [4.69, 9.17) is 14.2 Å².